The summed E-state index contributed by atoms with van der Waals surface area (Å²) in [4.78, 5) is 12.4. The number of aryl methyl sites for hydroxylation is 1. The van der Waals surface area contributed by atoms with Crippen molar-refractivity contribution in [2.45, 2.75) is 32.6 Å². The van der Waals surface area contributed by atoms with E-state index >= 15 is 0 Å². The van der Waals surface area contributed by atoms with E-state index in [9.17, 15) is 4.79 Å². The molecule has 118 valence electrons. The van der Waals surface area contributed by atoms with Crippen LogP contribution < -0.4 is 5.32 Å². The Hall–Kier alpha value is -1.33. The van der Waals surface area contributed by atoms with Gasteiger partial charge >= 0.3 is 0 Å². The van der Waals surface area contributed by atoms with Crippen LogP contribution in [0.25, 0.3) is 11.6 Å². The zero-order valence-corrected chi connectivity index (χ0v) is 15.8. The summed E-state index contributed by atoms with van der Waals surface area (Å²) in [6.45, 7) is 2.09. The minimum absolute atomic E-state index is 0.0902. The van der Waals surface area contributed by atoms with Gasteiger partial charge in [-0.3, -0.25) is 4.79 Å². The summed E-state index contributed by atoms with van der Waals surface area (Å²) in [5, 5.41) is 2.93. The fourth-order valence-electron chi connectivity index (χ4n) is 3.37. The second kappa shape index (κ2) is 5.64. The molecule has 3 nitrogen and oxygen atoms in total. The van der Waals surface area contributed by atoms with E-state index in [1.807, 2.05) is 18.2 Å². The van der Waals surface area contributed by atoms with Crippen LogP contribution in [0, 0.1) is 6.92 Å². The molecule has 5 heteroatoms. The number of anilines is 1. The van der Waals surface area contributed by atoms with Crippen LogP contribution >= 0.6 is 31.9 Å². The molecule has 2 heterocycles. The van der Waals surface area contributed by atoms with E-state index in [1.165, 1.54) is 24.0 Å². The van der Waals surface area contributed by atoms with Gasteiger partial charge < -0.3 is 9.73 Å². The first-order chi connectivity index (χ1) is 11.0. The van der Waals surface area contributed by atoms with Gasteiger partial charge in [0.2, 0.25) is 0 Å². The van der Waals surface area contributed by atoms with Crippen LogP contribution in [0.3, 0.4) is 0 Å². The summed E-state index contributed by atoms with van der Waals surface area (Å²) in [6, 6.07) is 3.89. The van der Waals surface area contributed by atoms with Crippen molar-refractivity contribution in [2.24, 2.45) is 0 Å². The zero-order valence-electron chi connectivity index (χ0n) is 12.6. The topological polar surface area (TPSA) is 42.2 Å². The van der Waals surface area contributed by atoms with Crippen LogP contribution in [0.1, 0.15) is 41.1 Å². The standard InChI is InChI=1S/C18H15Br2NO2/c1-9-11-4-2-3-5-15(11)23-16(9)8-13-12-6-10(19)7-14(20)17(12)21-18(13)22/h6-8H,2-5H2,1H3,(H,21,22). The number of rotatable bonds is 1. The van der Waals surface area contributed by atoms with E-state index in [0.717, 1.165) is 44.6 Å². The van der Waals surface area contributed by atoms with Gasteiger partial charge in [-0.2, -0.15) is 0 Å². The molecule has 0 radical (unpaired) electrons. The SMILES string of the molecule is Cc1c(C=C2C(=O)Nc3c(Br)cc(Br)cc32)oc2c1CCCC2. The molecule has 1 aliphatic heterocycles. The van der Waals surface area contributed by atoms with E-state index in [1.54, 1.807) is 0 Å². The van der Waals surface area contributed by atoms with Crippen molar-refractivity contribution in [3.8, 4) is 0 Å². The smallest absolute Gasteiger partial charge is 0.256 e. The second-order valence-corrected chi connectivity index (χ2v) is 7.79. The van der Waals surface area contributed by atoms with Crippen molar-refractivity contribution in [3.05, 3.63) is 49.3 Å². The lowest BCUT2D eigenvalue weighted by atomic mass is 9.95. The Morgan fingerprint density at radius 1 is 1.22 bits per heavy atom. The van der Waals surface area contributed by atoms with Gasteiger partial charge in [0.1, 0.15) is 11.5 Å². The van der Waals surface area contributed by atoms with Gasteiger partial charge in [0.05, 0.1) is 11.3 Å². The lowest BCUT2D eigenvalue weighted by molar-refractivity contribution is -0.110. The van der Waals surface area contributed by atoms with Gasteiger partial charge in [-0.15, -0.1) is 0 Å². The number of hydrogen-bond donors (Lipinski definition) is 1. The number of nitrogens with one attached hydrogen (secondary N) is 1. The first kappa shape index (κ1) is 15.2. The van der Waals surface area contributed by atoms with Crippen molar-refractivity contribution in [2.75, 3.05) is 5.32 Å². The first-order valence-electron chi connectivity index (χ1n) is 7.68. The van der Waals surface area contributed by atoms with Crippen LogP contribution in [-0.2, 0) is 17.6 Å². The maximum atomic E-state index is 12.4. The maximum Gasteiger partial charge on any atom is 0.256 e. The highest BCUT2D eigenvalue weighted by Crippen LogP contribution is 2.41. The fraction of sp³-hybridized carbons (Fsp3) is 0.278. The van der Waals surface area contributed by atoms with Crippen LogP contribution in [0.2, 0.25) is 0 Å². The van der Waals surface area contributed by atoms with Crippen molar-refractivity contribution < 1.29 is 9.21 Å². The highest BCUT2D eigenvalue weighted by atomic mass is 79.9. The largest absolute Gasteiger partial charge is 0.461 e. The molecule has 0 unspecified atom stereocenters. The number of amides is 1. The number of furan rings is 1. The molecule has 1 aliphatic carbocycles. The molecule has 0 saturated heterocycles. The number of carbonyl (C=O) groups is 1. The quantitative estimate of drug-likeness (QED) is 0.601. The van der Waals surface area contributed by atoms with Gasteiger partial charge in [0.15, 0.2) is 0 Å². The molecule has 0 spiro atoms. The molecule has 1 aromatic carbocycles. The molecular weight excluding hydrogens is 422 g/mol. The summed E-state index contributed by atoms with van der Waals surface area (Å²) in [7, 11) is 0. The van der Waals surface area contributed by atoms with Gasteiger partial charge in [0, 0.05) is 20.9 Å². The molecule has 4 rings (SSSR count). The maximum absolute atomic E-state index is 12.4. The predicted molar refractivity (Wildman–Crippen MR) is 98.4 cm³/mol. The Morgan fingerprint density at radius 2 is 2.00 bits per heavy atom. The van der Waals surface area contributed by atoms with Crippen LogP contribution in [0.4, 0.5) is 5.69 Å². The van der Waals surface area contributed by atoms with Crippen molar-refractivity contribution in [1.29, 1.82) is 0 Å². The van der Waals surface area contributed by atoms with E-state index in [2.05, 4.69) is 44.1 Å². The Balaban J connectivity index is 1.85. The molecule has 1 aromatic heterocycles. The summed E-state index contributed by atoms with van der Waals surface area (Å²) in [5.74, 6) is 1.81. The molecule has 2 aliphatic rings. The number of fused-ring (bicyclic) bond motifs is 2. The van der Waals surface area contributed by atoms with Gasteiger partial charge in [-0.25, -0.2) is 0 Å². The molecule has 23 heavy (non-hydrogen) atoms. The van der Waals surface area contributed by atoms with Gasteiger partial charge in [0.25, 0.3) is 5.91 Å². The second-order valence-electron chi connectivity index (χ2n) is 6.02. The average molecular weight is 437 g/mol. The number of carbonyl (C=O) groups excluding carboxylic acids is 1. The van der Waals surface area contributed by atoms with Crippen molar-refractivity contribution in [3.63, 3.8) is 0 Å². The summed E-state index contributed by atoms with van der Waals surface area (Å²) in [5.41, 5.74) is 4.86. The normalized spacial score (nSPS) is 18.0. The highest BCUT2D eigenvalue weighted by Gasteiger charge is 2.28. The Bertz CT molecular complexity index is 864. The van der Waals surface area contributed by atoms with E-state index < -0.39 is 0 Å². The molecular formula is C18H15Br2NO2. The fourth-order valence-corrected chi connectivity index (χ4v) is 4.70. The molecule has 0 fully saturated rings. The Morgan fingerprint density at radius 3 is 2.78 bits per heavy atom. The number of halogens is 2. The van der Waals surface area contributed by atoms with Crippen LogP contribution in [-0.4, -0.2) is 5.91 Å². The Labute approximate surface area is 151 Å². The number of hydrogen-bond acceptors (Lipinski definition) is 2. The molecule has 2 aromatic rings. The van der Waals surface area contributed by atoms with Gasteiger partial charge in [-0.05, 0) is 71.5 Å². The van der Waals surface area contributed by atoms with Gasteiger partial charge in [-0.1, -0.05) is 15.9 Å². The monoisotopic (exact) mass is 435 g/mol. The molecule has 0 bridgehead atoms. The molecule has 1 N–H and O–H groups in total. The minimum Gasteiger partial charge on any atom is -0.461 e. The third-order valence-corrected chi connectivity index (χ3v) is 5.66. The molecule has 1 amide bonds. The third-order valence-electron chi connectivity index (χ3n) is 4.58. The Kier molecular flexibility index (Phi) is 3.73. The first-order valence-corrected chi connectivity index (χ1v) is 9.27. The van der Waals surface area contributed by atoms with E-state index in [-0.39, 0.29) is 5.91 Å². The lowest BCUT2D eigenvalue weighted by Gasteiger charge is -2.08. The predicted octanol–water partition coefficient (Wildman–Crippen LogP) is 5.48. The lowest BCUT2D eigenvalue weighted by Crippen LogP contribution is -2.03. The summed E-state index contributed by atoms with van der Waals surface area (Å²) in [6.07, 6.45) is 6.35. The average Bonchev–Trinajstić information content (AvgIpc) is 3.00. The minimum atomic E-state index is -0.0902. The molecule has 0 atom stereocenters. The highest BCUT2D eigenvalue weighted by molar-refractivity contribution is 9.11. The number of benzene rings is 1. The van der Waals surface area contributed by atoms with E-state index in [0.29, 0.717) is 5.57 Å². The van der Waals surface area contributed by atoms with Crippen molar-refractivity contribution in [1.82, 2.24) is 0 Å². The summed E-state index contributed by atoms with van der Waals surface area (Å²) >= 11 is 6.99. The zero-order chi connectivity index (χ0) is 16.1. The summed E-state index contributed by atoms with van der Waals surface area (Å²) < 4.78 is 7.84. The van der Waals surface area contributed by atoms with Crippen LogP contribution in [0.15, 0.2) is 25.5 Å². The van der Waals surface area contributed by atoms with Crippen molar-refractivity contribution >= 4 is 55.1 Å². The van der Waals surface area contributed by atoms with Crippen LogP contribution in [0.5, 0.6) is 0 Å². The van der Waals surface area contributed by atoms with E-state index in [4.69, 9.17) is 4.42 Å². The third kappa shape index (κ3) is 2.50. The molecule has 0 saturated carbocycles.